The molecule has 2 aromatic rings. The van der Waals surface area contributed by atoms with Crippen LogP contribution in [0.15, 0.2) is 20.4 Å². The molecule has 124 valence electrons. The number of carbonyl (C=O) groups is 1. The minimum Gasteiger partial charge on any atom is -0.286 e. The predicted molar refractivity (Wildman–Crippen MR) is 85.8 cm³/mol. The van der Waals surface area contributed by atoms with Crippen LogP contribution < -0.4 is 10.3 Å². The number of nitrogens with one attached hydrogen (secondary N) is 1. The number of fused-ring (bicyclic) bond motifs is 1. The van der Waals surface area contributed by atoms with Crippen LogP contribution in [0.3, 0.4) is 0 Å². The Morgan fingerprint density at radius 1 is 1.46 bits per heavy atom. The smallest absolute Gasteiger partial charge is 0.286 e. The van der Waals surface area contributed by atoms with Crippen molar-refractivity contribution >= 4 is 17.5 Å². The van der Waals surface area contributed by atoms with Crippen molar-refractivity contribution in [3.05, 3.63) is 39.0 Å². The number of aryl methyl sites for hydroxylation is 3. The standard InChI is InChI=1S/C16H16N4O3S/c1-20-14(16(22)23-19-20)13(21)9-24-15-11(8-17)7-10-5-3-2-4-6-12(10)18-15/h7H,2-6,9H2,1H3/p+1. The number of nitriles is 1. The number of carbonyl (C=O) groups excluding carboxylic acids is 1. The molecule has 0 saturated heterocycles. The first kappa shape index (κ1) is 16.5. The van der Waals surface area contributed by atoms with Crippen LogP contribution in [0.25, 0.3) is 0 Å². The molecular formula is C16H17N4O3S+. The van der Waals surface area contributed by atoms with Crippen molar-refractivity contribution in [1.82, 2.24) is 10.3 Å². The van der Waals surface area contributed by atoms with Crippen molar-refractivity contribution in [1.29, 1.82) is 5.26 Å². The summed E-state index contributed by atoms with van der Waals surface area (Å²) in [6.07, 6.45) is 5.22. The fourth-order valence-electron chi connectivity index (χ4n) is 2.83. The summed E-state index contributed by atoms with van der Waals surface area (Å²) in [6.45, 7) is 0. The van der Waals surface area contributed by atoms with E-state index in [4.69, 9.17) is 0 Å². The van der Waals surface area contributed by atoms with E-state index in [1.54, 1.807) is 0 Å². The van der Waals surface area contributed by atoms with Gasteiger partial charge in [0.05, 0.1) is 11.3 Å². The van der Waals surface area contributed by atoms with Gasteiger partial charge in [-0.1, -0.05) is 22.9 Å². The highest BCUT2D eigenvalue weighted by atomic mass is 32.2. The van der Waals surface area contributed by atoms with E-state index in [0.29, 0.717) is 10.6 Å². The van der Waals surface area contributed by atoms with Gasteiger partial charge in [0.1, 0.15) is 11.1 Å². The van der Waals surface area contributed by atoms with Crippen molar-refractivity contribution in [2.24, 2.45) is 7.05 Å². The molecule has 24 heavy (non-hydrogen) atoms. The summed E-state index contributed by atoms with van der Waals surface area (Å²) in [5.41, 5.74) is 1.90. The Bertz CT molecular complexity index is 878. The molecule has 8 heteroatoms. The van der Waals surface area contributed by atoms with E-state index in [2.05, 4.69) is 20.8 Å². The second kappa shape index (κ2) is 7.01. The molecule has 1 aliphatic carbocycles. The largest absolute Gasteiger partial charge is 0.438 e. The Hall–Kier alpha value is -2.40. The quantitative estimate of drug-likeness (QED) is 0.388. The van der Waals surface area contributed by atoms with Crippen LogP contribution in [0.1, 0.15) is 46.6 Å². The van der Waals surface area contributed by atoms with Gasteiger partial charge < -0.3 is 0 Å². The maximum atomic E-state index is 12.2. The molecule has 0 aromatic carbocycles. The first-order valence-electron chi connectivity index (χ1n) is 7.76. The summed E-state index contributed by atoms with van der Waals surface area (Å²) in [5, 5.41) is 12.2. The van der Waals surface area contributed by atoms with Crippen molar-refractivity contribution in [2.75, 3.05) is 5.75 Å². The highest BCUT2D eigenvalue weighted by Gasteiger charge is 2.26. The van der Waals surface area contributed by atoms with E-state index in [0.717, 1.165) is 36.9 Å². The second-order valence-electron chi connectivity index (χ2n) is 5.72. The Balaban J connectivity index is 1.82. The molecule has 0 saturated carbocycles. The van der Waals surface area contributed by atoms with Crippen LogP contribution in [-0.4, -0.2) is 21.8 Å². The maximum Gasteiger partial charge on any atom is 0.438 e. The lowest BCUT2D eigenvalue weighted by atomic mass is 10.1. The normalized spacial score (nSPS) is 13.8. The van der Waals surface area contributed by atoms with Gasteiger partial charge in [-0.25, -0.2) is 9.78 Å². The minimum absolute atomic E-state index is 0.0247. The van der Waals surface area contributed by atoms with Crippen molar-refractivity contribution in [3.63, 3.8) is 0 Å². The number of thioether (sulfide) groups is 1. The van der Waals surface area contributed by atoms with E-state index in [1.807, 2.05) is 6.07 Å². The lowest BCUT2D eigenvalue weighted by Gasteiger charge is -2.09. The molecule has 3 rings (SSSR count). The number of rotatable bonds is 4. The third kappa shape index (κ3) is 3.26. The zero-order chi connectivity index (χ0) is 17.1. The summed E-state index contributed by atoms with van der Waals surface area (Å²) in [6, 6.07) is 4.06. The van der Waals surface area contributed by atoms with Crippen molar-refractivity contribution in [3.8, 4) is 6.07 Å². The van der Waals surface area contributed by atoms with E-state index < -0.39 is 5.63 Å². The summed E-state index contributed by atoms with van der Waals surface area (Å²) in [5.74, 6) is -0.338. The molecule has 1 N–H and O–H groups in total. The van der Waals surface area contributed by atoms with Crippen LogP contribution >= 0.6 is 11.8 Å². The number of hydrogen-bond donors (Lipinski definition) is 1. The van der Waals surface area contributed by atoms with Gasteiger partial charge in [-0.2, -0.15) is 5.26 Å². The Morgan fingerprint density at radius 2 is 2.25 bits per heavy atom. The summed E-state index contributed by atoms with van der Waals surface area (Å²) in [7, 11) is 1.53. The van der Waals surface area contributed by atoms with Gasteiger partial charge in [0.2, 0.25) is 5.78 Å². The lowest BCUT2D eigenvalue weighted by molar-refractivity contribution is -0.741. The lowest BCUT2D eigenvalue weighted by Crippen LogP contribution is -2.39. The second-order valence-corrected chi connectivity index (χ2v) is 6.68. The van der Waals surface area contributed by atoms with Crippen molar-refractivity contribution in [2.45, 2.75) is 37.1 Å². The average molecular weight is 345 g/mol. The molecule has 1 aliphatic rings. The molecule has 0 unspecified atom stereocenters. The molecule has 2 aromatic heterocycles. The topological polar surface area (TPSA) is 104 Å². The van der Waals surface area contributed by atoms with E-state index in [-0.39, 0.29) is 17.2 Å². The van der Waals surface area contributed by atoms with Gasteiger partial charge in [0.15, 0.2) is 7.05 Å². The van der Waals surface area contributed by atoms with Gasteiger partial charge in [0.25, 0.3) is 0 Å². The molecule has 2 heterocycles. The van der Waals surface area contributed by atoms with Crippen LogP contribution in [0.4, 0.5) is 0 Å². The molecule has 0 aliphatic heterocycles. The maximum absolute atomic E-state index is 12.2. The Kier molecular flexibility index (Phi) is 4.81. The number of H-pyrrole nitrogens is 1. The Morgan fingerprint density at radius 3 is 2.96 bits per heavy atom. The average Bonchev–Trinajstić information content (AvgIpc) is 2.78. The zero-order valence-corrected chi connectivity index (χ0v) is 14.1. The molecule has 0 radical (unpaired) electrons. The first-order chi connectivity index (χ1) is 11.6. The fourth-order valence-corrected chi connectivity index (χ4v) is 3.66. The third-order valence-electron chi connectivity index (χ3n) is 4.04. The highest BCUT2D eigenvalue weighted by molar-refractivity contribution is 8.00. The van der Waals surface area contributed by atoms with Crippen LogP contribution in [0, 0.1) is 11.3 Å². The minimum atomic E-state index is -0.696. The zero-order valence-electron chi connectivity index (χ0n) is 13.3. The fraction of sp³-hybridized carbons (Fsp3) is 0.438. The van der Waals surface area contributed by atoms with Gasteiger partial charge in [-0.15, -0.1) is 0 Å². The number of aromatic nitrogens is 3. The van der Waals surface area contributed by atoms with Gasteiger partial charge >= 0.3 is 11.3 Å². The molecule has 7 nitrogen and oxygen atoms in total. The number of Topliss-reactive ketones (excluding diaryl/α,β-unsaturated/α-hetero) is 1. The Labute approximate surface area is 142 Å². The monoisotopic (exact) mass is 345 g/mol. The van der Waals surface area contributed by atoms with Gasteiger partial charge in [-0.3, -0.25) is 9.32 Å². The summed E-state index contributed by atoms with van der Waals surface area (Å²) in [4.78, 5) is 28.4. The molecule has 0 amide bonds. The van der Waals surface area contributed by atoms with E-state index in [1.165, 1.54) is 29.9 Å². The predicted octanol–water partition coefficient (Wildman–Crippen LogP) is 1.30. The van der Waals surface area contributed by atoms with E-state index in [9.17, 15) is 14.9 Å². The number of nitrogens with zero attached hydrogens (tertiary/aromatic N) is 3. The van der Waals surface area contributed by atoms with Gasteiger partial charge in [-0.05, 0) is 42.6 Å². The van der Waals surface area contributed by atoms with E-state index >= 15 is 0 Å². The van der Waals surface area contributed by atoms with Crippen LogP contribution in [-0.2, 0) is 19.9 Å². The van der Waals surface area contributed by atoms with Gasteiger partial charge in [0, 0.05) is 5.69 Å². The number of hydrogen-bond acceptors (Lipinski definition) is 6. The third-order valence-corrected chi connectivity index (χ3v) is 5.04. The molecule has 0 spiro atoms. The number of ketones is 1. The first-order valence-corrected chi connectivity index (χ1v) is 8.75. The highest BCUT2D eigenvalue weighted by Crippen LogP contribution is 2.27. The summed E-state index contributed by atoms with van der Waals surface area (Å²) >= 11 is 1.18. The van der Waals surface area contributed by atoms with Crippen LogP contribution in [0.2, 0.25) is 0 Å². The number of aromatic amines is 1. The molecule has 0 bridgehead atoms. The molecule has 0 fully saturated rings. The van der Waals surface area contributed by atoms with Crippen LogP contribution in [0.5, 0.6) is 0 Å². The SMILES string of the molecule is C[n+]1[nH]oc(=O)c1C(=O)CSc1nc2c(cc1C#N)CCCCC2. The summed E-state index contributed by atoms with van der Waals surface area (Å²) < 4.78 is 5.84. The molecule has 0 atom stereocenters. The molecular weight excluding hydrogens is 328 g/mol. The number of pyridine rings is 1. The van der Waals surface area contributed by atoms with Crippen molar-refractivity contribution < 1.29 is 14.0 Å².